The molecule has 1 N–H and O–H groups in total. The normalized spacial score (nSPS) is 26.4. The second-order valence-electron chi connectivity index (χ2n) is 8.95. The highest BCUT2D eigenvalue weighted by molar-refractivity contribution is 7.90. The van der Waals surface area contributed by atoms with Gasteiger partial charge in [0.05, 0.1) is 11.5 Å². The number of anilines is 1. The Hall–Kier alpha value is -2.06. The van der Waals surface area contributed by atoms with E-state index in [2.05, 4.69) is 0 Å². The highest BCUT2D eigenvalue weighted by Crippen LogP contribution is 2.64. The van der Waals surface area contributed by atoms with Gasteiger partial charge in [-0.2, -0.15) is 13.2 Å². The largest absolute Gasteiger partial charge is 0.416 e. The number of halogens is 3. The van der Waals surface area contributed by atoms with E-state index in [9.17, 15) is 13.5 Å². The third-order valence-electron chi connectivity index (χ3n) is 7.26. The van der Waals surface area contributed by atoms with Crippen molar-refractivity contribution < 1.29 is 26.7 Å². The van der Waals surface area contributed by atoms with Gasteiger partial charge in [-0.15, -0.1) is 0 Å². The Kier molecular flexibility index (Phi) is 7.20. The van der Waals surface area contributed by atoms with Crippen LogP contribution in [-0.4, -0.2) is 39.1 Å². The maximum Gasteiger partial charge on any atom is 0.416 e. The van der Waals surface area contributed by atoms with Gasteiger partial charge in [-0.05, 0) is 48.6 Å². The maximum absolute atomic E-state index is 15.6. The van der Waals surface area contributed by atoms with Gasteiger partial charge in [0.2, 0.25) is 0 Å². The summed E-state index contributed by atoms with van der Waals surface area (Å²) in [6.45, 7) is 3.26. The number of benzene rings is 2. The number of aliphatic hydroxyl groups is 1. The molecule has 1 saturated heterocycles. The summed E-state index contributed by atoms with van der Waals surface area (Å²) in [4.78, 5) is 1.40. The number of sulfone groups is 1. The van der Waals surface area contributed by atoms with Gasteiger partial charge >= 0.3 is 6.18 Å². The number of piperidine rings is 1. The molecule has 33 heavy (non-hydrogen) atoms. The Morgan fingerprint density at radius 3 is 2.12 bits per heavy atom. The van der Waals surface area contributed by atoms with Gasteiger partial charge in [0, 0.05) is 23.9 Å². The summed E-state index contributed by atoms with van der Waals surface area (Å²) in [6.07, 6.45) is -1.94. The molecule has 3 atom stereocenters. The van der Waals surface area contributed by atoms with Gasteiger partial charge in [0.15, 0.2) is 15.4 Å². The number of rotatable bonds is 7. The van der Waals surface area contributed by atoms with Gasteiger partial charge < -0.3 is 10.0 Å². The van der Waals surface area contributed by atoms with Crippen LogP contribution in [0.5, 0.6) is 0 Å². The summed E-state index contributed by atoms with van der Waals surface area (Å²) in [5.41, 5.74) is -3.57. The molecular formula is C25H32F3NO3S. The Morgan fingerprint density at radius 2 is 1.67 bits per heavy atom. The summed E-state index contributed by atoms with van der Waals surface area (Å²) < 4.78 is 70.5. The van der Waals surface area contributed by atoms with E-state index in [-0.39, 0.29) is 35.0 Å². The van der Waals surface area contributed by atoms with Crippen LogP contribution in [0.25, 0.3) is 0 Å². The van der Waals surface area contributed by atoms with Gasteiger partial charge in [-0.25, -0.2) is 8.42 Å². The summed E-state index contributed by atoms with van der Waals surface area (Å²) in [5, 5.41) is 10.7. The second-order valence-corrected chi connectivity index (χ2v) is 11.0. The molecule has 0 spiro atoms. The van der Waals surface area contributed by atoms with Crippen molar-refractivity contribution in [1.82, 2.24) is 0 Å². The number of hydrogen-bond donors (Lipinski definition) is 1. The molecule has 0 aliphatic carbocycles. The smallest absolute Gasteiger partial charge is 0.396 e. The van der Waals surface area contributed by atoms with Crippen LogP contribution >= 0.6 is 0 Å². The lowest BCUT2D eigenvalue weighted by Crippen LogP contribution is -2.72. The molecule has 2 aromatic carbocycles. The second kappa shape index (κ2) is 9.29. The molecule has 3 unspecified atom stereocenters. The lowest BCUT2D eigenvalue weighted by atomic mass is 9.53. The first-order chi connectivity index (χ1) is 15.5. The standard InChI is InChI=1S/C25H32F3NO3S/c1-4-16-23(18-30)19(5-2)15-17-29(21-11-13-22(14-12-21)33(3,31)32)24(23,25(26,27)28)20-9-7-6-8-10-20/h6-14,19,30H,4-5,15-18H2,1-3H3. The number of nitrogens with zero attached hydrogens (tertiary/aromatic N) is 1. The number of aliphatic hydroxyl groups excluding tert-OH is 1. The van der Waals surface area contributed by atoms with Gasteiger partial charge in [-0.1, -0.05) is 57.0 Å². The van der Waals surface area contributed by atoms with Crippen molar-refractivity contribution in [3.63, 3.8) is 0 Å². The zero-order chi connectivity index (χ0) is 24.5. The van der Waals surface area contributed by atoms with E-state index in [4.69, 9.17) is 0 Å². The average Bonchev–Trinajstić information content (AvgIpc) is 2.78. The van der Waals surface area contributed by atoms with Crippen molar-refractivity contribution in [3.8, 4) is 0 Å². The van der Waals surface area contributed by atoms with Crippen LogP contribution in [-0.2, 0) is 15.4 Å². The molecule has 0 saturated carbocycles. The van der Waals surface area contributed by atoms with Crippen molar-refractivity contribution in [2.75, 3.05) is 24.3 Å². The Labute approximate surface area is 194 Å². The number of hydrogen-bond acceptors (Lipinski definition) is 4. The predicted octanol–water partition coefficient (Wildman–Crippen LogP) is 5.56. The van der Waals surface area contributed by atoms with Crippen molar-refractivity contribution in [1.29, 1.82) is 0 Å². The Balaban J connectivity index is 2.39. The summed E-state index contributed by atoms with van der Waals surface area (Å²) in [6, 6.07) is 13.4. The topological polar surface area (TPSA) is 57.6 Å². The van der Waals surface area contributed by atoms with Gasteiger partial charge in [0.25, 0.3) is 0 Å². The van der Waals surface area contributed by atoms with Crippen LogP contribution in [0.2, 0.25) is 0 Å². The van der Waals surface area contributed by atoms with E-state index >= 15 is 13.2 Å². The van der Waals surface area contributed by atoms with Crippen molar-refractivity contribution in [3.05, 3.63) is 60.2 Å². The monoisotopic (exact) mass is 483 g/mol. The van der Waals surface area contributed by atoms with Crippen LogP contribution in [0.4, 0.5) is 18.9 Å². The molecule has 0 bridgehead atoms. The van der Waals surface area contributed by atoms with Gasteiger partial charge in [-0.3, -0.25) is 0 Å². The van der Waals surface area contributed by atoms with Crippen molar-refractivity contribution >= 4 is 15.5 Å². The van der Waals surface area contributed by atoms with Crippen LogP contribution in [0.15, 0.2) is 59.5 Å². The molecule has 2 aromatic rings. The highest BCUT2D eigenvalue weighted by Gasteiger charge is 2.73. The third-order valence-corrected chi connectivity index (χ3v) is 8.39. The molecular weight excluding hydrogens is 451 g/mol. The fourth-order valence-corrected chi connectivity index (χ4v) is 6.59. The van der Waals surface area contributed by atoms with E-state index in [1.54, 1.807) is 18.2 Å². The molecule has 0 amide bonds. The third kappa shape index (κ3) is 4.05. The minimum absolute atomic E-state index is 0.0500. The minimum atomic E-state index is -4.71. The van der Waals surface area contributed by atoms with Crippen molar-refractivity contribution in [2.24, 2.45) is 11.3 Å². The van der Waals surface area contributed by atoms with Gasteiger partial charge in [0.1, 0.15) is 0 Å². The quantitative estimate of drug-likeness (QED) is 0.560. The molecule has 182 valence electrons. The fourth-order valence-electron chi connectivity index (χ4n) is 5.96. The molecule has 1 aliphatic rings. The van der Waals surface area contributed by atoms with E-state index in [1.165, 1.54) is 41.3 Å². The molecule has 0 radical (unpaired) electrons. The van der Waals surface area contributed by atoms with Crippen LogP contribution in [0, 0.1) is 11.3 Å². The zero-order valence-corrected chi connectivity index (χ0v) is 20.1. The average molecular weight is 484 g/mol. The maximum atomic E-state index is 15.6. The first-order valence-corrected chi connectivity index (χ1v) is 13.2. The van der Waals surface area contributed by atoms with E-state index in [1.807, 2.05) is 13.8 Å². The molecule has 1 aliphatic heterocycles. The first kappa shape index (κ1) is 25.6. The Morgan fingerprint density at radius 1 is 1.06 bits per heavy atom. The molecule has 3 rings (SSSR count). The summed E-state index contributed by atoms with van der Waals surface area (Å²) >= 11 is 0. The van der Waals surface area contributed by atoms with E-state index in [0.717, 1.165) is 6.26 Å². The lowest BCUT2D eigenvalue weighted by molar-refractivity contribution is -0.254. The minimum Gasteiger partial charge on any atom is -0.396 e. The molecule has 0 aromatic heterocycles. The summed E-state index contributed by atoms with van der Waals surface area (Å²) in [5.74, 6) is -0.337. The van der Waals surface area contributed by atoms with Crippen LogP contribution < -0.4 is 4.90 Å². The first-order valence-electron chi connectivity index (χ1n) is 11.3. The molecule has 8 heteroatoms. The molecule has 1 heterocycles. The molecule has 1 fully saturated rings. The van der Waals surface area contributed by atoms with E-state index < -0.39 is 33.6 Å². The lowest BCUT2D eigenvalue weighted by Gasteiger charge is -2.63. The Bertz CT molecular complexity index is 1040. The fraction of sp³-hybridized carbons (Fsp3) is 0.520. The SMILES string of the molecule is CCCC1(CO)C(CC)CCN(c2ccc(S(C)(=O)=O)cc2)C1(c1ccccc1)C(F)(F)F. The zero-order valence-electron chi connectivity index (χ0n) is 19.3. The van der Waals surface area contributed by atoms with Crippen LogP contribution in [0.3, 0.4) is 0 Å². The predicted molar refractivity (Wildman–Crippen MR) is 124 cm³/mol. The summed E-state index contributed by atoms with van der Waals surface area (Å²) in [7, 11) is -3.49. The highest BCUT2D eigenvalue weighted by atomic mass is 32.2. The molecule has 4 nitrogen and oxygen atoms in total. The van der Waals surface area contributed by atoms with Crippen molar-refractivity contribution in [2.45, 2.75) is 56.1 Å². The number of alkyl halides is 3. The van der Waals surface area contributed by atoms with E-state index in [0.29, 0.717) is 19.3 Å². The van der Waals surface area contributed by atoms with Crippen LogP contribution in [0.1, 0.15) is 45.1 Å².